The summed E-state index contributed by atoms with van der Waals surface area (Å²) in [5.74, 6) is -5.43. The number of aliphatic hydroxyl groups excluding tert-OH is 1. The monoisotopic (exact) mass is 638 g/mol. The number of Topliss-reactive ketones (excluding diaryl/α,β-unsaturated/α-hetero) is 1. The van der Waals surface area contributed by atoms with E-state index in [0.29, 0.717) is 3.57 Å². The van der Waals surface area contributed by atoms with Crippen molar-refractivity contribution >= 4 is 51.6 Å². The molecule has 0 fully saturated rings. The van der Waals surface area contributed by atoms with E-state index in [1.54, 1.807) is 0 Å². The van der Waals surface area contributed by atoms with Gasteiger partial charge in [0.2, 0.25) is 5.91 Å². The summed E-state index contributed by atoms with van der Waals surface area (Å²) in [5.41, 5.74) is 0.223. The molecule has 2 rings (SSSR count). The molecule has 0 aliphatic carbocycles. The van der Waals surface area contributed by atoms with Gasteiger partial charge in [0.15, 0.2) is 11.6 Å². The van der Waals surface area contributed by atoms with Gasteiger partial charge in [0.05, 0.1) is 49.8 Å². The second-order valence-electron chi connectivity index (χ2n) is 7.61. The van der Waals surface area contributed by atoms with E-state index in [9.17, 15) is 18.8 Å². The van der Waals surface area contributed by atoms with Gasteiger partial charge in [0.25, 0.3) is 5.91 Å². The molecule has 2 aromatic carbocycles. The first kappa shape index (κ1) is 30.4. The van der Waals surface area contributed by atoms with Crippen molar-refractivity contribution in [3.05, 3.63) is 56.4 Å². The minimum atomic E-state index is -1.51. The summed E-state index contributed by atoms with van der Waals surface area (Å²) in [6.07, 6.45) is 0. The Balaban J connectivity index is 2.38. The van der Waals surface area contributed by atoms with Crippen molar-refractivity contribution in [3.8, 4) is 0 Å². The first-order valence-electron chi connectivity index (χ1n) is 10.9. The fourth-order valence-electron chi connectivity index (χ4n) is 2.93. The highest BCUT2D eigenvalue weighted by Gasteiger charge is 2.25. The molecule has 0 unspecified atom stereocenters. The van der Waals surface area contributed by atoms with Crippen molar-refractivity contribution in [2.24, 2.45) is 0 Å². The standard InChI is InChI=1S/C23H26F3IN4O6/c1-13(33)11-28-5-7-37-31(14(2)34)12-15-9-17(23(35)30-36-8-6-32)22(21(26)20(15)25)29-19-4-3-16(27)10-18(19)24/h3-4,9-10,28-29,32H,5-8,11-12H2,1-2H3,(H,30,35). The lowest BCUT2D eigenvalue weighted by Crippen LogP contribution is -2.33. The summed E-state index contributed by atoms with van der Waals surface area (Å²) in [6, 6.07) is 4.93. The van der Waals surface area contributed by atoms with Crippen molar-refractivity contribution < 1.29 is 42.3 Å². The van der Waals surface area contributed by atoms with E-state index in [4.69, 9.17) is 14.8 Å². The van der Waals surface area contributed by atoms with Crippen molar-refractivity contribution in [1.82, 2.24) is 15.9 Å². The molecule has 0 aromatic heterocycles. The third-order valence-corrected chi connectivity index (χ3v) is 5.31. The van der Waals surface area contributed by atoms with Crippen LogP contribution in [0.1, 0.15) is 29.8 Å². The van der Waals surface area contributed by atoms with Crippen molar-refractivity contribution in [1.29, 1.82) is 0 Å². The average molecular weight is 638 g/mol. The average Bonchev–Trinajstić information content (AvgIpc) is 2.83. The van der Waals surface area contributed by atoms with Gasteiger partial charge in [-0.2, -0.15) is 0 Å². The maximum atomic E-state index is 15.2. The maximum Gasteiger partial charge on any atom is 0.277 e. The lowest BCUT2D eigenvalue weighted by Gasteiger charge is -2.22. The molecule has 0 heterocycles. The number of nitrogens with one attached hydrogen (secondary N) is 3. The predicted molar refractivity (Wildman–Crippen MR) is 135 cm³/mol. The normalized spacial score (nSPS) is 10.8. The first-order valence-corrected chi connectivity index (χ1v) is 12.0. The van der Waals surface area contributed by atoms with E-state index in [0.717, 1.165) is 24.1 Å². The number of rotatable bonds is 14. The SMILES string of the molecule is CC(=O)CNCCON(Cc1cc(C(=O)NOCCO)c(Nc2ccc(I)cc2F)c(F)c1F)C(C)=O. The zero-order valence-corrected chi connectivity index (χ0v) is 22.2. The summed E-state index contributed by atoms with van der Waals surface area (Å²) in [7, 11) is 0. The fraction of sp³-hybridized carbons (Fsp3) is 0.348. The predicted octanol–water partition coefficient (Wildman–Crippen LogP) is 2.56. The van der Waals surface area contributed by atoms with E-state index in [1.165, 1.54) is 19.1 Å². The van der Waals surface area contributed by atoms with Gasteiger partial charge in [0.1, 0.15) is 11.6 Å². The van der Waals surface area contributed by atoms with E-state index in [-0.39, 0.29) is 37.8 Å². The summed E-state index contributed by atoms with van der Waals surface area (Å²) in [6.45, 7) is 1.49. The van der Waals surface area contributed by atoms with Crippen LogP contribution in [0.25, 0.3) is 0 Å². The second-order valence-corrected chi connectivity index (χ2v) is 8.85. The summed E-state index contributed by atoms with van der Waals surface area (Å²) < 4.78 is 45.3. The number of hydroxylamine groups is 3. The van der Waals surface area contributed by atoms with Gasteiger partial charge in [-0.3, -0.25) is 24.1 Å². The molecule has 0 atom stereocenters. The Morgan fingerprint density at radius 3 is 2.43 bits per heavy atom. The van der Waals surface area contributed by atoms with Crippen molar-refractivity contribution in [3.63, 3.8) is 0 Å². The smallest absolute Gasteiger partial charge is 0.277 e. The van der Waals surface area contributed by atoms with E-state index in [2.05, 4.69) is 10.6 Å². The topological polar surface area (TPSA) is 129 Å². The summed E-state index contributed by atoms with van der Waals surface area (Å²) >= 11 is 1.87. The van der Waals surface area contributed by atoms with E-state index in [1.807, 2.05) is 28.1 Å². The van der Waals surface area contributed by atoms with Crippen LogP contribution < -0.4 is 16.1 Å². The van der Waals surface area contributed by atoms with Crippen LogP contribution in [0, 0.1) is 21.0 Å². The lowest BCUT2D eigenvalue weighted by atomic mass is 10.1. The number of amides is 2. The first-order chi connectivity index (χ1) is 17.5. The number of aliphatic hydroxyl groups is 1. The van der Waals surface area contributed by atoms with Crippen LogP contribution in [0.4, 0.5) is 24.5 Å². The quantitative estimate of drug-likeness (QED) is 0.141. The molecule has 10 nitrogen and oxygen atoms in total. The number of benzene rings is 2. The number of hydrogen-bond donors (Lipinski definition) is 4. The molecule has 4 N–H and O–H groups in total. The molecule has 2 amide bonds. The Labute approximate surface area is 224 Å². The van der Waals surface area contributed by atoms with Crippen LogP contribution in [0.3, 0.4) is 0 Å². The highest BCUT2D eigenvalue weighted by Crippen LogP contribution is 2.31. The third kappa shape index (κ3) is 9.23. The molecule has 0 radical (unpaired) electrons. The number of nitrogens with zero attached hydrogens (tertiary/aromatic N) is 1. The largest absolute Gasteiger partial charge is 0.394 e. The van der Waals surface area contributed by atoms with Crippen molar-refractivity contribution in [2.45, 2.75) is 20.4 Å². The Morgan fingerprint density at radius 1 is 1.08 bits per heavy atom. The molecule has 202 valence electrons. The highest BCUT2D eigenvalue weighted by molar-refractivity contribution is 14.1. The van der Waals surface area contributed by atoms with Gasteiger partial charge in [-0.1, -0.05) is 0 Å². The molecule has 2 aromatic rings. The number of ketones is 1. The van der Waals surface area contributed by atoms with Gasteiger partial charge >= 0.3 is 0 Å². The lowest BCUT2D eigenvalue weighted by molar-refractivity contribution is -0.187. The van der Waals surface area contributed by atoms with E-state index < -0.39 is 59.2 Å². The third-order valence-electron chi connectivity index (χ3n) is 4.64. The zero-order chi connectivity index (χ0) is 27.5. The minimum absolute atomic E-state index is 0.0645. The maximum absolute atomic E-state index is 15.2. The molecule has 37 heavy (non-hydrogen) atoms. The Bertz CT molecular complexity index is 1140. The number of hydrogen-bond acceptors (Lipinski definition) is 8. The number of carbonyl (C=O) groups is 3. The van der Waals surface area contributed by atoms with Gasteiger partial charge in [-0.05, 0) is 53.8 Å². The van der Waals surface area contributed by atoms with Crippen LogP contribution in [0.15, 0.2) is 24.3 Å². The molecule has 0 spiro atoms. The van der Waals surface area contributed by atoms with Crippen molar-refractivity contribution in [2.75, 3.05) is 38.2 Å². The molecule has 0 saturated heterocycles. The van der Waals surface area contributed by atoms with Crippen LogP contribution >= 0.6 is 22.6 Å². The molecule has 0 aliphatic rings. The minimum Gasteiger partial charge on any atom is -0.394 e. The molecule has 0 aliphatic heterocycles. The number of halogens is 4. The molecule has 0 bridgehead atoms. The van der Waals surface area contributed by atoms with Gasteiger partial charge in [-0.25, -0.2) is 23.7 Å². The zero-order valence-electron chi connectivity index (χ0n) is 20.0. The van der Waals surface area contributed by atoms with Crippen LogP contribution in [-0.2, 0) is 25.8 Å². The molecule has 14 heteroatoms. The van der Waals surface area contributed by atoms with Gasteiger partial charge < -0.3 is 15.7 Å². The van der Waals surface area contributed by atoms with Gasteiger partial charge in [0, 0.05) is 22.6 Å². The summed E-state index contributed by atoms with van der Waals surface area (Å²) in [5, 5.41) is 14.8. The fourth-order valence-corrected chi connectivity index (χ4v) is 3.39. The Kier molecular flexibility index (Phi) is 12.2. The highest BCUT2D eigenvalue weighted by atomic mass is 127. The Hall–Kier alpha value is -2.79. The number of carbonyl (C=O) groups excluding carboxylic acids is 3. The molecule has 0 saturated carbocycles. The van der Waals surface area contributed by atoms with Crippen LogP contribution in [-0.4, -0.2) is 60.7 Å². The second kappa shape index (κ2) is 14.8. The van der Waals surface area contributed by atoms with Crippen LogP contribution in [0.2, 0.25) is 0 Å². The molecular formula is C23H26F3IN4O6. The van der Waals surface area contributed by atoms with Gasteiger partial charge in [-0.15, -0.1) is 0 Å². The molecular weight excluding hydrogens is 612 g/mol. The van der Waals surface area contributed by atoms with Crippen LogP contribution in [0.5, 0.6) is 0 Å². The van der Waals surface area contributed by atoms with E-state index >= 15 is 8.78 Å². The summed E-state index contributed by atoms with van der Waals surface area (Å²) in [4.78, 5) is 45.8. The Morgan fingerprint density at radius 2 is 1.81 bits per heavy atom. The number of anilines is 2.